The predicted octanol–water partition coefficient (Wildman–Crippen LogP) is 1.89. The van der Waals surface area contributed by atoms with Gasteiger partial charge in [0.1, 0.15) is 6.61 Å². The fourth-order valence-corrected chi connectivity index (χ4v) is 1.55. The van der Waals surface area contributed by atoms with Crippen LogP contribution < -0.4 is 0 Å². The summed E-state index contributed by atoms with van der Waals surface area (Å²) in [4.78, 5) is 4.15. The lowest BCUT2D eigenvalue weighted by Gasteiger charge is -2.19. The summed E-state index contributed by atoms with van der Waals surface area (Å²) in [6.07, 6.45) is 0. The van der Waals surface area contributed by atoms with Gasteiger partial charge < -0.3 is 9.63 Å². The van der Waals surface area contributed by atoms with Crippen molar-refractivity contribution in [2.24, 2.45) is 0 Å². The summed E-state index contributed by atoms with van der Waals surface area (Å²) in [6, 6.07) is 9.94. The van der Waals surface area contributed by atoms with E-state index in [2.05, 4.69) is 10.1 Å². The Kier molecular flexibility index (Phi) is 2.75. The lowest BCUT2D eigenvalue weighted by Crippen LogP contribution is -2.19. The number of aliphatic hydroxyl groups excluding tert-OH is 1. The van der Waals surface area contributed by atoms with Gasteiger partial charge in [0.25, 0.3) is 0 Å². The van der Waals surface area contributed by atoms with Crippen molar-refractivity contribution < 1.29 is 9.63 Å². The van der Waals surface area contributed by atoms with E-state index in [-0.39, 0.29) is 12.0 Å². The fourth-order valence-electron chi connectivity index (χ4n) is 1.55. The van der Waals surface area contributed by atoms with E-state index in [1.165, 1.54) is 0 Å². The number of aliphatic hydroxyl groups is 1. The van der Waals surface area contributed by atoms with E-state index in [0.29, 0.717) is 11.7 Å². The van der Waals surface area contributed by atoms with Gasteiger partial charge in [-0.1, -0.05) is 35.5 Å². The van der Waals surface area contributed by atoms with Crippen LogP contribution in [0.2, 0.25) is 0 Å². The molecular formula is C12H14N2O2. The van der Waals surface area contributed by atoms with Gasteiger partial charge in [0, 0.05) is 0 Å². The molecule has 0 saturated carbocycles. The van der Waals surface area contributed by atoms with Gasteiger partial charge in [-0.15, -0.1) is 0 Å². The van der Waals surface area contributed by atoms with E-state index in [1.54, 1.807) is 0 Å². The van der Waals surface area contributed by atoms with E-state index >= 15 is 0 Å². The quantitative estimate of drug-likeness (QED) is 0.854. The molecule has 16 heavy (non-hydrogen) atoms. The Morgan fingerprint density at radius 3 is 2.50 bits per heavy atom. The molecule has 1 heterocycles. The molecule has 4 heteroatoms. The molecule has 0 amide bonds. The molecule has 2 rings (SSSR count). The summed E-state index contributed by atoms with van der Waals surface area (Å²) in [5.41, 5.74) is 0.755. The van der Waals surface area contributed by atoms with Crippen LogP contribution in [0.15, 0.2) is 34.9 Å². The summed E-state index contributed by atoms with van der Waals surface area (Å²) >= 11 is 0. The highest BCUT2D eigenvalue weighted by molar-refractivity contribution is 5.29. The molecule has 0 bridgehead atoms. The molecule has 0 unspecified atom stereocenters. The van der Waals surface area contributed by atoms with Crippen LogP contribution in [-0.4, -0.2) is 15.2 Å². The molecule has 1 N–H and O–H groups in total. The molecule has 84 valence electrons. The Bertz CT molecular complexity index is 463. The highest BCUT2D eigenvalue weighted by Gasteiger charge is 2.29. The van der Waals surface area contributed by atoms with Crippen molar-refractivity contribution in [2.45, 2.75) is 25.9 Å². The second kappa shape index (κ2) is 4.06. The molecule has 0 spiro atoms. The number of benzene rings is 1. The Balaban J connectivity index is 2.38. The standard InChI is InChI=1S/C12H14N2O2/c1-12(2,9-6-4-3-5-7-9)11-13-10(8-15)14-16-11/h3-7,15H,8H2,1-2H3. The lowest BCUT2D eigenvalue weighted by atomic mass is 9.84. The molecule has 0 saturated heterocycles. The molecule has 0 atom stereocenters. The third kappa shape index (κ3) is 1.84. The molecule has 4 nitrogen and oxygen atoms in total. The molecule has 0 radical (unpaired) electrons. The first-order valence-electron chi connectivity index (χ1n) is 5.14. The van der Waals surface area contributed by atoms with E-state index in [9.17, 15) is 0 Å². The van der Waals surface area contributed by atoms with Gasteiger partial charge in [0.05, 0.1) is 5.41 Å². The summed E-state index contributed by atoms with van der Waals surface area (Å²) < 4.78 is 5.15. The van der Waals surface area contributed by atoms with Crippen molar-refractivity contribution in [3.8, 4) is 0 Å². The Morgan fingerprint density at radius 2 is 1.94 bits per heavy atom. The summed E-state index contributed by atoms with van der Waals surface area (Å²) in [5, 5.41) is 12.6. The van der Waals surface area contributed by atoms with Gasteiger partial charge in [-0.2, -0.15) is 4.98 Å². The second-order valence-corrected chi connectivity index (χ2v) is 4.16. The fraction of sp³-hybridized carbons (Fsp3) is 0.333. The number of hydrogen-bond acceptors (Lipinski definition) is 4. The largest absolute Gasteiger partial charge is 0.388 e. The van der Waals surface area contributed by atoms with E-state index in [4.69, 9.17) is 9.63 Å². The molecule has 0 aliphatic rings. The minimum Gasteiger partial charge on any atom is -0.388 e. The zero-order chi connectivity index (χ0) is 11.6. The Labute approximate surface area is 93.9 Å². The number of aromatic nitrogens is 2. The number of hydrogen-bond donors (Lipinski definition) is 1. The van der Waals surface area contributed by atoms with Crippen molar-refractivity contribution in [1.29, 1.82) is 0 Å². The van der Waals surface area contributed by atoms with Crippen LogP contribution >= 0.6 is 0 Å². The lowest BCUT2D eigenvalue weighted by molar-refractivity contribution is 0.261. The first-order chi connectivity index (χ1) is 7.64. The second-order valence-electron chi connectivity index (χ2n) is 4.16. The Hall–Kier alpha value is -1.68. The molecule has 1 aromatic heterocycles. The van der Waals surface area contributed by atoms with Crippen LogP contribution in [0.1, 0.15) is 31.1 Å². The van der Waals surface area contributed by atoms with Gasteiger partial charge in [0.15, 0.2) is 5.82 Å². The van der Waals surface area contributed by atoms with Crippen LogP contribution in [0.25, 0.3) is 0 Å². The van der Waals surface area contributed by atoms with Gasteiger partial charge >= 0.3 is 0 Å². The van der Waals surface area contributed by atoms with Crippen LogP contribution in [0.4, 0.5) is 0 Å². The zero-order valence-corrected chi connectivity index (χ0v) is 9.34. The third-order valence-electron chi connectivity index (χ3n) is 2.64. The average Bonchev–Trinajstić information content (AvgIpc) is 2.79. The molecule has 0 fully saturated rings. The highest BCUT2D eigenvalue weighted by Crippen LogP contribution is 2.29. The summed E-state index contributed by atoms with van der Waals surface area (Å²) in [7, 11) is 0. The maximum Gasteiger partial charge on any atom is 0.236 e. The normalized spacial score (nSPS) is 11.7. The van der Waals surface area contributed by atoms with E-state index in [0.717, 1.165) is 5.56 Å². The topological polar surface area (TPSA) is 59.2 Å². The van der Waals surface area contributed by atoms with Crippen molar-refractivity contribution in [2.75, 3.05) is 0 Å². The van der Waals surface area contributed by atoms with Gasteiger partial charge in [-0.3, -0.25) is 0 Å². The maximum atomic E-state index is 8.90. The number of rotatable bonds is 3. The molecule has 1 aromatic carbocycles. The minimum absolute atomic E-state index is 0.200. The van der Waals surface area contributed by atoms with Gasteiger partial charge in [0.2, 0.25) is 5.89 Å². The molecule has 2 aromatic rings. The van der Waals surface area contributed by atoms with Crippen LogP contribution in [0.5, 0.6) is 0 Å². The van der Waals surface area contributed by atoms with E-state index in [1.807, 2.05) is 44.2 Å². The Morgan fingerprint density at radius 1 is 1.25 bits per heavy atom. The van der Waals surface area contributed by atoms with Crippen molar-refractivity contribution >= 4 is 0 Å². The van der Waals surface area contributed by atoms with Crippen molar-refractivity contribution in [3.63, 3.8) is 0 Å². The van der Waals surface area contributed by atoms with Gasteiger partial charge in [-0.25, -0.2) is 0 Å². The first-order valence-corrected chi connectivity index (χ1v) is 5.14. The van der Waals surface area contributed by atoms with Gasteiger partial charge in [-0.05, 0) is 19.4 Å². The first kappa shape index (κ1) is 10.8. The molecular weight excluding hydrogens is 204 g/mol. The number of nitrogens with zero attached hydrogens (tertiary/aromatic N) is 2. The smallest absolute Gasteiger partial charge is 0.236 e. The minimum atomic E-state index is -0.346. The average molecular weight is 218 g/mol. The third-order valence-corrected chi connectivity index (χ3v) is 2.64. The van der Waals surface area contributed by atoms with E-state index < -0.39 is 0 Å². The molecule has 0 aliphatic heterocycles. The van der Waals surface area contributed by atoms with Crippen LogP contribution in [0.3, 0.4) is 0 Å². The van der Waals surface area contributed by atoms with Crippen molar-refractivity contribution in [3.05, 3.63) is 47.6 Å². The van der Waals surface area contributed by atoms with Crippen LogP contribution in [-0.2, 0) is 12.0 Å². The van der Waals surface area contributed by atoms with Crippen molar-refractivity contribution in [1.82, 2.24) is 10.1 Å². The summed E-state index contributed by atoms with van der Waals surface area (Å²) in [5.74, 6) is 0.835. The predicted molar refractivity (Wildman–Crippen MR) is 58.8 cm³/mol. The van der Waals surface area contributed by atoms with Crippen LogP contribution in [0, 0.1) is 0 Å². The molecule has 0 aliphatic carbocycles. The zero-order valence-electron chi connectivity index (χ0n) is 9.34. The monoisotopic (exact) mass is 218 g/mol. The summed E-state index contributed by atoms with van der Waals surface area (Å²) in [6.45, 7) is 3.82. The highest BCUT2D eigenvalue weighted by atomic mass is 16.5. The SMILES string of the molecule is CC(C)(c1ccccc1)c1nc(CO)no1. The maximum absolute atomic E-state index is 8.90.